The van der Waals surface area contributed by atoms with Crippen LogP contribution in [0.5, 0.6) is 0 Å². The van der Waals surface area contributed by atoms with Crippen molar-refractivity contribution in [2.45, 2.75) is 64.8 Å². The van der Waals surface area contributed by atoms with Gasteiger partial charge in [0.15, 0.2) is 0 Å². The fraction of sp³-hybridized carbons (Fsp3) is 0.750. The van der Waals surface area contributed by atoms with Crippen LogP contribution >= 0.6 is 11.6 Å². The Kier molecular flexibility index (Phi) is 5.10. The molecular formula is C16H26ClN3O. The molecule has 21 heavy (non-hydrogen) atoms. The minimum absolute atomic E-state index is 0.127. The molecule has 1 N–H and O–H groups in total. The first-order valence-electron chi connectivity index (χ1n) is 7.76. The topological polar surface area (TPSA) is 49.2 Å². The zero-order valence-corrected chi connectivity index (χ0v) is 14.2. The van der Waals surface area contributed by atoms with Crippen LogP contribution in [0.2, 0.25) is 5.15 Å². The molecule has 0 unspecified atom stereocenters. The summed E-state index contributed by atoms with van der Waals surface area (Å²) in [5.41, 5.74) is 0.761. The summed E-state index contributed by atoms with van der Waals surface area (Å²) in [4.78, 5) is 11.5. The molecule has 0 radical (unpaired) electrons. The van der Waals surface area contributed by atoms with Crippen LogP contribution in [0.1, 0.15) is 57.8 Å². The number of halogens is 1. The van der Waals surface area contributed by atoms with Gasteiger partial charge < -0.3 is 10.0 Å². The molecule has 1 aliphatic carbocycles. The molecule has 4 nitrogen and oxygen atoms in total. The Morgan fingerprint density at radius 2 is 1.86 bits per heavy atom. The summed E-state index contributed by atoms with van der Waals surface area (Å²) in [7, 11) is 0. The summed E-state index contributed by atoms with van der Waals surface area (Å²) in [6.07, 6.45) is 4.81. The molecule has 118 valence electrons. The van der Waals surface area contributed by atoms with Crippen LogP contribution in [0.15, 0.2) is 0 Å². The van der Waals surface area contributed by atoms with E-state index in [9.17, 15) is 5.11 Å². The number of aliphatic hydroxyl groups is 1. The first-order valence-corrected chi connectivity index (χ1v) is 8.14. The maximum absolute atomic E-state index is 9.43. The van der Waals surface area contributed by atoms with E-state index >= 15 is 0 Å². The Bertz CT molecular complexity index is 493. The number of aliphatic hydroxyl groups excluding tert-OH is 1. The Hall–Kier alpha value is -0.870. The molecule has 5 heteroatoms. The van der Waals surface area contributed by atoms with Crippen LogP contribution in [-0.2, 0) is 5.41 Å². The molecule has 0 saturated heterocycles. The number of hydrogen-bond donors (Lipinski definition) is 1. The third kappa shape index (κ3) is 3.67. The van der Waals surface area contributed by atoms with Crippen LogP contribution in [0.4, 0.5) is 5.82 Å². The summed E-state index contributed by atoms with van der Waals surface area (Å²) in [5.74, 6) is 1.65. The van der Waals surface area contributed by atoms with Gasteiger partial charge >= 0.3 is 0 Å². The molecule has 2 rings (SSSR count). The summed E-state index contributed by atoms with van der Waals surface area (Å²) in [5, 5.41) is 9.95. The van der Waals surface area contributed by atoms with E-state index in [2.05, 4.69) is 30.7 Å². The minimum atomic E-state index is -0.146. The first kappa shape index (κ1) is 16.5. The Morgan fingerprint density at radius 1 is 1.24 bits per heavy atom. The van der Waals surface area contributed by atoms with Crippen molar-refractivity contribution in [2.24, 2.45) is 0 Å². The number of aromatic nitrogens is 2. The van der Waals surface area contributed by atoms with E-state index in [-0.39, 0.29) is 12.0 Å². The zero-order valence-electron chi connectivity index (χ0n) is 13.5. The average Bonchev–Trinajstić information content (AvgIpc) is 2.92. The number of nitrogens with zero attached hydrogens (tertiary/aromatic N) is 3. The second-order valence-electron chi connectivity index (χ2n) is 6.89. The lowest BCUT2D eigenvalue weighted by atomic mass is 9.95. The minimum Gasteiger partial charge on any atom is -0.395 e. The van der Waals surface area contributed by atoms with E-state index in [0.717, 1.165) is 30.0 Å². The molecule has 0 amide bonds. The normalized spacial score (nSPS) is 16.5. The summed E-state index contributed by atoms with van der Waals surface area (Å²) < 4.78 is 0. The molecule has 0 aromatic carbocycles. The van der Waals surface area contributed by atoms with Crippen molar-refractivity contribution < 1.29 is 5.11 Å². The molecule has 0 bridgehead atoms. The molecule has 1 aliphatic rings. The molecule has 1 aromatic rings. The smallest absolute Gasteiger partial charge is 0.137 e. The van der Waals surface area contributed by atoms with E-state index in [4.69, 9.17) is 16.6 Å². The quantitative estimate of drug-likeness (QED) is 0.865. The van der Waals surface area contributed by atoms with Gasteiger partial charge in [0.05, 0.1) is 6.61 Å². The highest BCUT2D eigenvalue weighted by Gasteiger charge is 2.28. The second-order valence-corrected chi connectivity index (χ2v) is 7.25. The zero-order chi connectivity index (χ0) is 15.6. The first-order chi connectivity index (χ1) is 9.84. The maximum Gasteiger partial charge on any atom is 0.137 e. The van der Waals surface area contributed by atoms with Gasteiger partial charge in [0.1, 0.15) is 16.8 Å². The van der Waals surface area contributed by atoms with Gasteiger partial charge in [-0.15, -0.1) is 0 Å². The highest BCUT2D eigenvalue weighted by molar-refractivity contribution is 6.30. The van der Waals surface area contributed by atoms with E-state index in [1.165, 1.54) is 12.8 Å². The van der Waals surface area contributed by atoms with Crippen molar-refractivity contribution in [2.75, 3.05) is 18.1 Å². The SMILES string of the molecule is Cc1c(Cl)nc(C(C)(C)C)nc1N(CCO)C1CCCC1. The fourth-order valence-corrected chi connectivity index (χ4v) is 3.04. The van der Waals surface area contributed by atoms with Crippen LogP contribution in [0.3, 0.4) is 0 Å². The van der Waals surface area contributed by atoms with Crippen LogP contribution < -0.4 is 4.90 Å². The van der Waals surface area contributed by atoms with Crippen molar-refractivity contribution in [1.82, 2.24) is 9.97 Å². The van der Waals surface area contributed by atoms with Crippen LogP contribution in [0, 0.1) is 6.92 Å². The van der Waals surface area contributed by atoms with Crippen molar-refractivity contribution in [1.29, 1.82) is 0 Å². The molecule has 0 atom stereocenters. The van der Waals surface area contributed by atoms with Gasteiger partial charge in [0, 0.05) is 23.6 Å². The largest absolute Gasteiger partial charge is 0.395 e. The molecule has 1 saturated carbocycles. The standard InChI is InChI=1S/C16H26ClN3O/c1-11-13(17)18-15(16(2,3)4)19-14(11)20(9-10-21)12-7-5-6-8-12/h12,21H,5-10H2,1-4H3. The van der Waals surface area contributed by atoms with Crippen LogP contribution in [-0.4, -0.2) is 34.3 Å². The lowest BCUT2D eigenvalue weighted by Crippen LogP contribution is -2.37. The number of anilines is 1. The van der Waals surface area contributed by atoms with E-state index < -0.39 is 0 Å². The third-order valence-corrected chi connectivity index (χ3v) is 4.48. The van der Waals surface area contributed by atoms with Crippen molar-refractivity contribution in [3.63, 3.8) is 0 Å². The Balaban J connectivity index is 2.45. The van der Waals surface area contributed by atoms with Gasteiger partial charge in [-0.25, -0.2) is 9.97 Å². The van der Waals surface area contributed by atoms with Gasteiger partial charge in [-0.3, -0.25) is 0 Å². The predicted molar refractivity (Wildman–Crippen MR) is 87.2 cm³/mol. The summed E-state index contributed by atoms with van der Waals surface area (Å²) >= 11 is 6.34. The number of rotatable bonds is 4. The Morgan fingerprint density at radius 3 is 2.38 bits per heavy atom. The van der Waals surface area contributed by atoms with Crippen molar-refractivity contribution in [3.05, 3.63) is 16.5 Å². The predicted octanol–water partition coefficient (Wildman–Crippen LogP) is 3.48. The van der Waals surface area contributed by atoms with Gasteiger partial charge in [-0.2, -0.15) is 0 Å². The molecule has 1 aromatic heterocycles. The summed E-state index contributed by atoms with van der Waals surface area (Å²) in [6.45, 7) is 8.95. The monoisotopic (exact) mass is 311 g/mol. The average molecular weight is 312 g/mol. The van der Waals surface area contributed by atoms with Crippen molar-refractivity contribution in [3.8, 4) is 0 Å². The van der Waals surface area contributed by atoms with E-state index in [0.29, 0.717) is 17.7 Å². The molecule has 0 spiro atoms. The molecule has 1 fully saturated rings. The van der Waals surface area contributed by atoms with E-state index in [1.54, 1.807) is 0 Å². The highest BCUT2D eigenvalue weighted by atomic mass is 35.5. The lowest BCUT2D eigenvalue weighted by molar-refractivity contribution is 0.296. The van der Waals surface area contributed by atoms with Gasteiger partial charge in [-0.05, 0) is 19.8 Å². The fourth-order valence-electron chi connectivity index (χ4n) is 2.88. The lowest BCUT2D eigenvalue weighted by Gasteiger charge is -2.32. The number of hydrogen-bond acceptors (Lipinski definition) is 4. The van der Waals surface area contributed by atoms with Crippen molar-refractivity contribution >= 4 is 17.4 Å². The van der Waals surface area contributed by atoms with Crippen LogP contribution in [0.25, 0.3) is 0 Å². The molecular weight excluding hydrogens is 286 g/mol. The van der Waals surface area contributed by atoms with Gasteiger partial charge in [0.25, 0.3) is 0 Å². The molecule has 1 heterocycles. The van der Waals surface area contributed by atoms with E-state index in [1.807, 2.05) is 6.92 Å². The highest BCUT2D eigenvalue weighted by Crippen LogP contribution is 2.32. The third-order valence-electron chi connectivity index (χ3n) is 4.11. The summed E-state index contributed by atoms with van der Waals surface area (Å²) in [6, 6.07) is 0.453. The maximum atomic E-state index is 9.43. The van der Waals surface area contributed by atoms with Gasteiger partial charge in [0.2, 0.25) is 0 Å². The van der Waals surface area contributed by atoms with Gasteiger partial charge in [-0.1, -0.05) is 45.2 Å². The molecule has 0 aliphatic heterocycles. The Labute approximate surface area is 132 Å². The second kappa shape index (κ2) is 6.49.